The largest absolute Gasteiger partial charge is 0.351 e. The van der Waals surface area contributed by atoms with Crippen molar-refractivity contribution in [3.8, 4) is 0 Å². The summed E-state index contributed by atoms with van der Waals surface area (Å²) in [6.45, 7) is 1.12. The molecular formula is C12H24N8O4. The number of rotatable bonds is 0. The van der Waals surface area contributed by atoms with Crippen molar-refractivity contribution in [3.05, 3.63) is 0 Å². The zero-order valence-corrected chi connectivity index (χ0v) is 13.4. The predicted molar refractivity (Wildman–Crippen MR) is 84.6 cm³/mol. The van der Waals surface area contributed by atoms with Gasteiger partial charge < -0.3 is 42.5 Å². The van der Waals surface area contributed by atoms with Gasteiger partial charge in [0.25, 0.3) is 0 Å². The Morgan fingerprint density at radius 3 is 0.625 bits per heavy atom. The van der Waals surface area contributed by atoms with Crippen LogP contribution in [0.4, 0.5) is 19.2 Å². The number of urea groups is 4. The first-order valence-electron chi connectivity index (χ1n) is 7.40. The van der Waals surface area contributed by atoms with Crippen molar-refractivity contribution in [2.75, 3.05) is 52.4 Å². The van der Waals surface area contributed by atoms with Crippen molar-refractivity contribution in [2.24, 2.45) is 22.9 Å². The molecule has 136 valence electrons. The minimum atomic E-state index is -0.681. The van der Waals surface area contributed by atoms with E-state index in [9.17, 15) is 19.2 Å². The van der Waals surface area contributed by atoms with Crippen LogP contribution in [0.5, 0.6) is 0 Å². The number of nitrogens with two attached hydrogens (primary N) is 4. The Labute approximate surface area is 139 Å². The second-order valence-corrected chi connectivity index (χ2v) is 5.30. The third-order valence-electron chi connectivity index (χ3n) is 3.81. The maximum Gasteiger partial charge on any atom is 0.314 e. The Morgan fingerprint density at radius 1 is 0.417 bits per heavy atom. The lowest BCUT2D eigenvalue weighted by Crippen LogP contribution is -2.53. The van der Waals surface area contributed by atoms with Crippen molar-refractivity contribution < 1.29 is 19.2 Å². The molecule has 1 fully saturated rings. The molecule has 0 aromatic carbocycles. The van der Waals surface area contributed by atoms with Crippen LogP contribution in [0.3, 0.4) is 0 Å². The number of primary amides is 4. The Balaban J connectivity index is 2.92. The van der Waals surface area contributed by atoms with E-state index >= 15 is 0 Å². The molecule has 0 spiro atoms. The zero-order valence-electron chi connectivity index (χ0n) is 13.4. The molecule has 8 amide bonds. The molecule has 1 rings (SSSR count). The van der Waals surface area contributed by atoms with Crippen molar-refractivity contribution in [2.45, 2.75) is 0 Å². The van der Waals surface area contributed by atoms with Gasteiger partial charge in [-0.1, -0.05) is 0 Å². The molecule has 1 aliphatic heterocycles. The fourth-order valence-corrected chi connectivity index (χ4v) is 2.29. The van der Waals surface area contributed by atoms with Crippen LogP contribution in [-0.4, -0.2) is 96.1 Å². The summed E-state index contributed by atoms with van der Waals surface area (Å²) in [4.78, 5) is 51.1. The first-order valence-corrected chi connectivity index (χ1v) is 7.40. The molecule has 1 saturated heterocycles. The maximum atomic E-state index is 11.5. The molecule has 0 aliphatic carbocycles. The van der Waals surface area contributed by atoms with Crippen LogP contribution in [0.15, 0.2) is 0 Å². The molecule has 0 unspecified atom stereocenters. The number of amides is 8. The molecular weight excluding hydrogens is 320 g/mol. The minimum absolute atomic E-state index is 0.140. The number of carbonyl (C=O) groups excluding carboxylic acids is 4. The first kappa shape index (κ1) is 19.1. The monoisotopic (exact) mass is 344 g/mol. The Bertz CT molecular complexity index is 395. The Kier molecular flexibility index (Phi) is 6.89. The first-order chi connectivity index (χ1) is 11.2. The molecule has 0 aromatic heterocycles. The summed E-state index contributed by atoms with van der Waals surface area (Å²) in [5.41, 5.74) is 21.2. The van der Waals surface area contributed by atoms with Gasteiger partial charge in [0, 0.05) is 52.4 Å². The summed E-state index contributed by atoms with van der Waals surface area (Å²) < 4.78 is 0. The topological polar surface area (TPSA) is 185 Å². The standard InChI is InChI=1S/C12H24N8O4/c13-9(21)17-1-2-18(10(14)22)5-6-20(12(16)24)8-7-19(4-3-17)11(15)23/h1-8H2,(H2,13,21)(H2,14,22)(H2,15,23)(H2,16,24). The van der Waals surface area contributed by atoms with E-state index < -0.39 is 24.1 Å². The fourth-order valence-electron chi connectivity index (χ4n) is 2.29. The van der Waals surface area contributed by atoms with Crippen LogP contribution in [0, 0.1) is 0 Å². The highest BCUT2D eigenvalue weighted by Gasteiger charge is 2.21. The molecule has 12 nitrogen and oxygen atoms in total. The van der Waals surface area contributed by atoms with Crippen LogP contribution < -0.4 is 22.9 Å². The van der Waals surface area contributed by atoms with Gasteiger partial charge in [0.15, 0.2) is 0 Å². The minimum Gasteiger partial charge on any atom is -0.351 e. The van der Waals surface area contributed by atoms with Crippen molar-refractivity contribution in [1.29, 1.82) is 0 Å². The summed E-state index contributed by atoms with van der Waals surface area (Å²) in [7, 11) is 0. The third-order valence-corrected chi connectivity index (χ3v) is 3.81. The lowest BCUT2D eigenvalue weighted by atomic mass is 10.3. The van der Waals surface area contributed by atoms with Crippen LogP contribution in [0.1, 0.15) is 0 Å². The predicted octanol–water partition coefficient (Wildman–Crippen LogP) is -2.48. The molecule has 1 aliphatic rings. The van der Waals surface area contributed by atoms with Crippen molar-refractivity contribution in [1.82, 2.24) is 19.6 Å². The second kappa shape index (κ2) is 8.64. The van der Waals surface area contributed by atoms with Crippen LogP contribution >= 0.6 is 0 Å². The van der Waals surface area contributed by atoms with Gasteiger partial charge in [0.05, 0.1) is 0 Å². The van der Waals surface area contributed by atoms with E-state index in [1.54, 1.807) is 0 Å². The summed E-state index contributed by atoms with van der Waals surface area (Å²) in [6, 6.07) is -2.72. The lowest BCUT2D eigenvalue weighted by molar-refractivity contribution is 0.152. The number of carbonyl (C=O) groups is 4. The van der Waals surface area contributed by atoms with Gasteiger partial charge in [-0.15, -0.1) is 0 Å². The van der Waals surface area contributed by atoms with Gasteiger partial charge in [-0.05, 0) is 0 Å². The molecule has 24 heavy (non-hydrogen) atoms. The van der Waals surface area contributed by atoms with Crippen molar-refractivity contribution >= 4 is 24.1 Å². The number of hydrogen-bond donors (Lipinski definition) is 4. The third kappa shape index (κ3) is 5.70. The van der Waals surface area contributed by atoms with Crippen LogP contribution in [-0.2, 0) is 0 Å². The van der Waals surface area contributed by atoms with Crippen LogP contribution in [0.25, 0.3) is 0 Å². The average molecular weight is 344 g/mol. The van der Waals surface area contributed by atoms with Crippen molar-refractivity contribution in [3.63, 3.8) is 0 Å². The Morgan fingerprint density at radius 2 is 0.542 bits per heavy atom. The SMILES string of the molecule is NC(=O)N1CCN(C(N)=O)CCN(C(N)=O)CCN(C(N)=O)CC1. The average Bonchev–Trinajstić information content (AvgIpc) is 2.46. The summed E-state index contributed by atoms with van der Waals surface area (Å²) in [5.74, 6) is 0. The van der Waals surface area contributed by atoms with Crippen LogP contribution in [0.2, 0.25) is 0 Å². The number of nitrogens with zero attached hydrogens (tertiary/aromatic N) is 4. The molecule has 1 heterocycles. The molecule has 12 heteroatoms. The van der Waals surface area contributed by atoms with E-state index in [-0.39, 0.29) is 52.4 Å². The Hall–Kier alpha value is -2.92. The highest BCUT2D eigenvalue weighted by atomic mass is 16.2. The van der Waals surface area contributed by atoms with Gasteiger partial charge in [-0.3, -0.25) is 0 Å². The summed E-state index contributed by atoms with van der Waals surface area (Å²) in [5, 5.41) is 0. The number of hydrogen-bond acceptors (Lipinski definition) is 4. The van der Waals surface area contributed by atoms with Gasteiger partial charge in [0.1, 0.15) is 0 Å². The van der Waals surface area contributed by atoms with E-state index in [0.29, 0.717) is 0 Å². The lowest BCUT2D eigenvalue weighted by Gasteiger charge is -2.32. The quantitative estimate of drug-likeness (QED) is 0.379. The molecule has 0 bridgehead atoms. The van der Waals surface area contributed by atoms with Gasteiger partial charge in [0.2, 0.25) is 0 Å². The highest BCUT2D eigenvalue weighted by Crippen LogP contribution is 2.00. The van der Waals surface area contributed by atoms with E-state index in [2.05, 4.69) is 0 Å². The molecule has 0 radical (unpaired) electrons. The van der Waals surface area contributed by atoms with E-state index in [1.165, 1.54) is 19.6 Å². The summed E-state index contributed by atoms with van der Waals surface area (Å²) >= 11 is 0. The fraction of sp³-hybridized carbons (Fsp3) is 0.667. The smallest absolute Gasteiger partial charge is 0.314 e. The second-order valence-electron chi connectivity index (χ2n) is 5.30. The molecule has 0 saturated carbocycles. The molecule has 8 N–H and O–H groups in total. The maximum absolute atomic E-state index is 11.5. The van der Waals surface area contributed by atoms with E-state index in [4.69, 9.17) is 22.9 Å². The molecule has 0 atom stereocenters. The zero-order chi connectivity index (χ0) is 18.3. The summed E-state index contributed by atoms with van der Waals surface area (Å²) in [6.07, 6.45) is 0. The van der Waals surface area contributed by atoms with Gasteiger partial charge in [-0.25, -0.2) is 19.2 Å². The van der Waals surface area contributed by atoms with Gasteiger partial charge in [-0.2, -0.15) is 0 Å². The normalized spacial score (nSPS) is 17.7. The van der Waals surface area contributed by atoms with Gasteiger partial charge >= 0.3 is 24.1 Å². The van der Waals surface area contributed by atoms with E-state index in [1.807, 2.05) is 0 Å². The highest BCUT2D eigenvalue weighted by molar-refractivity contribution is 5.75. The molecule has 0 aromatic rings. The van der Waals surface area contributed by atoms with E-state index in [0.717, 1.165) is 0 Å².